The lowest BCUT2D eigenvalue weighted by Gasteiger charge is -2.38. The number of nitrogens with zero attached hydrogens (tertiary/aromatic N) is 5. The summed E-state index contributed by atoms with van der Waals surface area (Å²) in [4.78, 5) is 28.2. The Kier molecular flexibility index (Phi) is 5.37. The minimum atomic E-state index is -0.801. The van der Waals surface area contributed by atoms with Crippen LogP contribution in [0.15, 0.2) is 43.0 Å². The van der Waals surface area contributed by atoms with Crippen LogP contribution in [-0.2, 0) is 6.67 Å². The summed E-state index contributed by atoms with van der Waals surface area (Å²) in [6, 6.07) is 5.38. The monoisotopic (exact) mass is 451 g/mol. The van der Waals surface area contributed by atoms with E-state index in [1.807, 2.05) is 6.07 Å². The number of carbonyl (C=O) groups excluding carboxylic acids is 1. The van der Waals surface area contributed by atoms with Crippen molar-refractivity contribution in [1.29, 1.82) is 0 Å². The third-order valence-corrected chi connectivity index (χ3v) is 5.70. The molecule has 0 saturated carbocycles. The fraction of sp³-hybridized carbons (Fsp3) is 0.304. The zero-order valence-electron chi connectivity index (χ0n) is 18.2. The van der Waals surface area contributed by atoms with Crippen LogP contribution in [0, 0.1) is 5.82 Å². The second-order valence-corrected chi connectivity index (χ2v) is 8.39. The van der Waals surface area contributed by atoms with Gasteiger partial charge in [-0.05, 0) is 26.0 Å². The average Bonchev–Trinajstić information content (AvgIpc) is 3.21. The second kappa shape index (κ2) is 8.36. The Morgan fingerprint density at radius 2 is 1.88 bits per heavy atom. The highest BCUT2D eigenvalue weighted by Crippen LogP contribution is 2.29. The maximum Gasteiger partial charge on any atom is 0.257 e. The molecule has 1 fully saturated rings. The maximum absolute atomic E-state index is 14.4. The third-order valence-electron chi connectivity index (χ3n) is 5.70. The molecule has 33 heavy (non-hydrogen) atoms. The predicted molar refractivity (Wildman–Crippen MR) is 122 cm³/mol. The molecule has 1 amide bonds. The number of nitrogens with one attached hydrogen (secondary N) is 2. The van der Waals surface area contributed by atoms with Gasteiger partial charge in [-0.15, -0.1) is 0 Å². The SMILES string of the molecule is C[C@@H]1CN(c2ccc(C(=O)Nc3cc(F)c4nc(CF)cn4c3)c3nccnc23)C[C@H](C)N1. The number of anilines is 2. The quantitative estimate of drug-likeness (QED) is 0.495. The van der Waals surface area contributed by atoms with E-state index in [4.69, 9.17) is 0 Å². The normalized spacial score (nSPS) is 18.7. The summed E-state index contributed by atoms with van der Waals surface area (Å²) in [6.45, 7) is 5.08. The Morgan fingerprint density at radius 3 is 2.61 bits per heavy atom. The van der Waals surface area contributed by atoms with Gasteiger partial charge in [0.05, 0.1) is 22.6 Å². The molecule has 1 aliphatic heterocycles. The Hall–Kier alpha value is -3.66. The van der Waals surface area contributed by atoms with Gasteiger partial charge in [-0.25, -0.2) is 13.8 Å². The van der Waals surface area contributed by atoms with Gasteiger partial charge in [0, 0.05) is 56.0 Å². The number of aromatic nitrogens is 4. The molecule has 0 radical (unpaired) electrons. The molecule has 1 saturated heterocycles. The van der Waals surface area contributed by atoms with E-state index in [0.29, 0.717) is 28.7 Å². The molecule has 5 rings (SSSR count). The smallest absolute Gasteiger partial charge is 0.257 e. The highest BCUT2D eigenvalue weighted by molar-refractivity contribution is 6.13. The van der Waals surface area contributed by atoms with Crippen molar-refractivity contribution in [2.24, 2.45) is 0 Å². The first-order chi connectivity index (χ1) is 15.9. The highest BCUT2D eigenvalue weighted by atomic mass is 19.1. The van der Waals surface area contributed by atoms with Crippen LogP contribution in [0.5, 0.6) is 0 Å². The van der Waals surface area contributed by atoms with Crippen molar-refractivity contribution in [2.45, 2.75) is 32.6 Å². The number of amides is 1. The zero-order valence-corrected chi connectivity index (χ0v) is 18.2. The van der Waals surface area contributed by atoms with Gasteiger partial charge in [0.2, 0.25) is 0 Å². The summed E-state index contributed by atoms with van der Waals surface area (Å²) in [7, 11) is 0. The Labute approximate surface area is 188 Å². The molecular weight excluding hydrogens is 428 g/mol. The van der Waals surface area contributed by atoms with Crippen molar-refractivity contribution in [3.63, 3.8) is 0 Å². The first-order valence-corrected chi connectivity index (χ1v) is 10.7. The summed E-state index contributed by atoms with van der Waals surface area (Å²) in [6.07, 6.45) is 6.03. The molecule has 2 N–H and O–H groups in total. The third kappa shape index (κ3) is 3.97. The number of pyridine rings is 1. The lowest BCUT2D eigenvalue weighted by atomic mass is 10.1. The van der Waals surface area contributed by atoms with Crippen LogP contribution in [0.25, 0.3) is 16.7 Å². The summed E-state index contributed by atoms with van der Waals surface area (Å²) < 4.78 is 28.7. The van der Waals surface area contributed by atoms with Crippen LogP contribution in [0.1, 0.15) is 29.9 Å². The highest BCUT2D eigenvalue weighted by Gasteiger charge is 2.24. The molecule has 4 heterocycles. The summed E-state index contributed by atoms with van der Waals surface area (Å²) >= 11 is 0. The average molecular weight is 451 g/mol. The van der Waals surface area contributed by atoms with Crippen molar-refractivity contribution < 1.29 is 13.6 Å². The molecule has 0 unspecified atom stereocenters. The first kappa shape index (κ1) is 21.2. The van der Waals surface area contributed by atoms with Gasteiger partial charge in [0.1, 0.15) is 17.7 Å². The van der Waals surface area contributed by atoms with E-state index >= 15 is 0 Å². The van der Waals surface area contributed by atoms with Gasteiger partial charge in [0.15, 0.2) is 11.5 Å². The molecular formula is C23H23F2N7O. The second-order valence-electron chi connectivity index (χ2n) is 8.39. The molecule has 170 valence electrons. The van der Waals surface area contributed by atoms with Gasteiger partial charge in [0.25, 0.3) is 5.91 Å². The molecule has 4 aromatic rings. The first-order valence-electron chi connectivity index (χ1n) is 10.7. The van der Waals surface area contributed by atoms with Gasteiger partial charge in [-0.3, -0.25) is 14.8 Å². The zero-order chi connectivity index (χ0) is 23.1. The summed E-state index contributed by atoms with van der Waals surface area (Å²) in [5.74, 6) is -1.10. The Morgan fingerprint density at radius 1 is 1.15 bits per heavy atom. The van der Waals surface area contributed by atoms with E-state index in [0.717, 1.165) is 24.8 Å². The number of hydrogen-bond acceptors (Lipinski definition) is 6. The molecule has 1 aromatic carbocycles. The van der Waals surface area contributed by atoms with Crippen LogP contribution in [0.2, 0.25) is 0 Å². The van der Waals surface area contributed by atoms with Crippen LogP contribution in [0.4, 0.5) is 20.2 Å². The molecule has 10 heteroatoms. The van der Waals surface area contributed by atoms with Crippen molar-refractivity contribution in [2.75, 3.05) is 23.3 Å². The van der Waals surface area contributed by atoms with E-state index < -0.39 is 18.4 Å². The minimum absolute atomic E-state index is 0.000737. The van der Waals surface area contributed by atoms with Gasteiger partial charge < -0.3 is 19.9 Å². The number of piperazine rings is 1. The van der Waals surface area contributed by atoms with Crippen LogP contribution < -0.4 is 15.5 Å². The van der Waals surface area contributed by atoms with Crippen molar-refractivity contribution in [3.8, 4) is 0 Å². The van der Waals surface area contributed by atoms with Gasteiger partial charge in [-0.1, -0.05) is 0 Å². The fourth-order valence-corrected chi connectivity index (χ4v) is 4.44. The van der Waals surface area contributed by atoms with E-state index in [1.54, 1.807) is 18.5 Å². The number of hydrogen-bond donors (Lipinski definition) is 2. The lowest BCUT2D eigenvalue weighted by molar-refractivity contribution is 0.102. The number of alkyl halides is 1. The fourth-order valence-electron chi connectivity index (χ4n) is 4.44. The Bertz CT molecular complexity index is 1350. The van der Waals surface area contributed by atoms with Gasteiger partial charge >= 0.3 is 0 Å². The molecule has 1 aliphatic rings. The number of fused-ring (bicyclic) bond motifs is 2. The lowest BCUT2D eigenvalue weighted by Crippen LogP contribution is -2.54. The summed E-state index contributed by atoms with van der Waals surface area (Å²) in [5, 5.41) is 6.22. The topological polar surface area (TPSA) is 87.5 Å². The molecule has 3 aromatic heterocycles. The number of benzene rings is 1. The summed E-state index contributed by atoms with van der Waals surface area (Å²) in [5.41, 5.74) is 2.68. The van der Waals surface area contributed by atoms with Crippen LogP contribution in [-0.4, -0.2) is 50.4 Å². The maximum atomic E-state index is 14.4. The number of imidazole rings is 1. The van der Waals surface area contributed by atoms with Crippen LogP contribution in [0.3, 0.4) is 0 Å². The largest absolute Gasteiger partial charge is 0.367 e. The van der Waals surface area contributed by atoms with E-state index in [-0.39, 0.29) is 17.0 Å². The van der Waals surface area contributed by atoms with Crippen molar-refractivity contribution in [3.05, 3.63) is 60.1 Å². The van der Waals surface area contributed by atoms with Gasteiger partial charge in [-0.2, -0.15) is 0 Å². The minimum Gasteiger partial charge on any atom is -0.367 e. The number of halogens is 2. The molecule has 0 spiro atoms. The van der Waals surface area contributed by atoms with E-state index in [9.17, 15) is 13.6 Å². The standard InChI is InChI=1S/C23H23F2N7O/c1-13-9-31(10-14(2)28-13)19-4-3-17(20-21(19)27-6-5-26-20)23(33)30-15-7-18(25)22-29-16(8-24)12-32(22)11-15/h3-7,11-14,28H,8-10H2,1-2H3,(H,30,33)/t13-,14+. The van der Waals surface area contributed by atoms with E-state index in [2.05, 4.69) is 44.3 Å². The number of rotatable bonds is 4. The molecule has 0 bridgehead atoms. The van der Waals surface area contributed by atoms with Crippen molar-refractivity contribution >= 4 is 34.0 Å². The van der Waals surface area contributed by atoms with E-state index in [1.165, 1.54) is 16.8 Å². The number of carbonyl (C=O) groups is 1. The molecule has 8 nitrogen and oxygen atoms in total. The molecule has 2 atom stereocenters. The molecule has 0 aliphatic carbocycles. The van der Waals surface area contributed by atoms with Crippen molar-refractivity contribution in [1.82, 2.24) is 24.7 Å². The van der Waals surface area contributed by atoms with Crippen LogP contribution >= 0.6 is 0 Å². The predicted octanol–water partition coefficient (Wildman–Crippen LogP) is 3.33. The Balaban J connectivity index is 1.49.